The van der Waals surface area contributed by atoms with Gasteiger partial charge in [-0.05, 0) is 12.8 Å². The molecule has 0 aliphatic carbocycles. The van der Waals surface area contributed by atoms with Gasteiger partial charge in [0, 0.05) is 13.1 Å². The van der Waals surface area contributed by atoms with Crippen LogP contribution in [-0.2, 0) is 11.3 Å². The number of amides is 1. The summed E-state index contributed by atoms with van der Waals surface area (Å²) in [4.78, 5) is 24.6. The summed E-state index contributed by atoms with van der Waals surface area (Å²) < 4.78 is 1.28. The molecule has 7 nitrogen and oxygen atoms in total. The summed E-state index contributed by atoms with van der Waals surface area (Å²) in [7, 11) is 0. The smallest absolute Gasteiger partial charge is 0.358 e. The van der Waals surface area contributed by atoms with Crippen molar-refractivity contribution in [2.75, 3.05) is 13.1 Å². The topological polar surface area (TPSA) is 88.3 Å². The van der Waals surface area contributed by atoms with Crippen molar-refractivity contribution in [3.8, 4) is 0 Å². The lowest BCUT2D eigenvalue weighted by Crippen LogP contribution is -2.36. The molecule has 19 heavy (non-hydrogen) atoms. The highest BCUT2D eigenvalue weighted by molar-refractivity contribution is 5.84. The standard InChI is InChI=1S/C12H18N4O3/c17-11(15-6-4-2-1-3-5-7-15)9-16-8-10(12(18)19)13-14-16/h8H,1-7,9H2,(H,18,19). The first-order valence-corrected chi connectivity index (χ1v) is 6.58. The van der Waals surface area contributed by atoms with E-state index < -0.39 is 5.97 Å². The molecule has 0 spiro atoms. The zero-order valence-corrected chi connectivity index (χ0v) is 10.8. The Bertz CT molecular complexity index is 450. The number of carboxylic acid groups (broad SMARTS) is 1. The summed E-state index contributed by atoms with van der Waals surface area (Å²) in [6.07, 6.45) is 6.91. The molecular formula is C12H18N4O3. The molecule has 1 aromatic rings. The number of nitrogens with zero attached hydrogens (tertiary/aromatic N) is 4. The first-order valence-electron chi connectivity index (χ1n) is 6.58. The Morgan fingerprint density at radius 2 is 1.79 bits per heavy atom. The fourth-order valence-corrected chi connectivity index (χ4v) is 2.21. The average Bonchev–Trinajstić information content (AvgIpc) is 2.76. The van der Waals surface area contributed by atoms with Gasteiger partial charge < -0.3 is 10.0 Å². The van der Waals surface area contributed by atoms with Gasteiger partial charge in [0.15, 0.2) is 5.69 Å². The summed E-state index contributed by atoms with van der Waals surface area (Å²) in [5, 5.41) is 15.9. The molecule has 0 unspecified atom stereocenters. The first kappa shape index (κ1) is 13.5. The van der Waals surface area contributed by atoms with Crippen molar-refractivity contribution < 1.29 is 14.7 Å². The van der Waals surface area contributed by atoms with Crippen LogP contribution in [0.4, 0.5) is 0 Å². The second-order valence-corrected chi connectivity index (χ2v) is 4.76. The van der Waals surface area contributed by atoms with E-state index in [1.54, 1.807) is 0 Å². The van der Waals surface area contributed by atoms with Gasteiger partial charge in [-0.1, -0.05) is 24.5 Å². The van der Waals surface area contributed by atoms with Crippen molar-refractivity contribution in [1.29, 1.82) is 0 Å². The Hall–Kier alpha value is -1.92. The van der Waals surface area contributed by atoms with Gasteiger partial charge in [-0.25, -0.2) is 9.48 Å². The summed E-state index contributed by atoms with van der Waals surface area (Å²) in [6, 6.07) is 0. The van der Waals surface area contributed by atoms with Crippen LogP contribution in [0.3, 0.4) is 0 Å². The number of aromatic carboxylic acids is 1. The monoisotopic (exact) mass is 266 g/mol. The number of hydrogen-bond acceptors (Lipinski definition) is 4. The highest BCUT2D eigenvalue weighted by atomic mass is 16.4. The van der Waals surface area contributed by atoms with Crippen molar-refractivity contribution in [2.45, 2.75) is 38.6 Å². The minimum absolute atomic E-state index is 0.0243. The molecule has 1 N–H and O–H groups in total. The van der Waals surface area contributed by atoms with E-state index in [1.807, 2.05) is 4.90 Å². The molecule has 7 heteroatoms. The lowest BCUT2D eigenvalue weighted by Gasteiger charge is -2.24. The van der Waals surface area contributed by atoms with Gasteiger partial charge in [-0.3, -0.25) is 4.79 Å². The molecule has 0 aromatic carbocycles. The van der Waals surface area contributed by atoms with E-state index in [1.165, 1.54) is 17.3 Å². The van der Waals surface area contributed by atoms with E-state index in [0.29, 0.717) is 0 Å². The maximum atomic E-state index is 12.1. The predicted octanol–water partition coefficient (Wildman–Crippen LogP) is 0.769. The van der Waals surface area contributed by atoms with Crippen LogP contribution in [0.25, 0.3) is 0 Å². The van der Waals surface area contributed by atoms with Crippen molar-refractivity contribution in [2.24, 2.45) is 0 Å². The molecule has 0 saturated carbocycles. The Morgan fingerprint density at radius 1 is 1.16 bits per heavy atom. The van der Waals surface area contributed by atoms with Crippen LogP contribution >= 0.6 is 0 Å². The van der Waals surface area contributed by atoms with Crippen molar-refractivity contribution >= 4 is 11.9 Å². The van der Waals surface area contributed by atoms with E-state index in [-0.39, 0.29) is 18.1 Å². The van der Waals surface area contributed by atoms with Gasteiger partial charge in [-0.2, -0.15) is 0 Å². The minimum atomic E-state index is -1.13. The van der Waals surface area contributed by atoms with Gasteiger partial charge in [0.05, 0.1) is 6.20 Å². The molecule has 1 saturated heterocycles. The lowest BCUT2D eigenvalue weighted by atomic mass is 10.1. The maximum absolute atomic E-state index is 12.1. The molecule has 2 rings (SSSR count). The van der Waals surface area contributed by atoms with Gasteiger partial charge in [0.25, 0.3) is 0 Å². The number of carbonyl (C=O) groups is 2. The third-order valence-electron chi connectivity index (χ3n) is 3.26. The van der Waals surface area contributed by atoms with Crippen molar-refractivity contribution in [1.82, 2.24) is 19.9 Å². The zero-order chi connectivity index (χ0) is 13.7. The van der Waals surface area contributed by atoms with Crippen LogP contribution in [0.1, 0.15) is 42.6 Å². The Kier molecular flexibility index (Phi) is 4.48. The van der Waals surface area contributed by atoms with Crippen molar-refractivity contribution in [3.63, 3.8) is 0 Å². The molecule has 2 heterocycles. The van der Waals surface area contributed by atoms with E-state index in [2.05, 4.69) is 10.3 Å². The molecular weight excluding hydrogens is 248 g/mol. The largest absolute Gasteiger partial charge is 0.476 e. The Morgan fingerprint density at radius 3 is 2.37 bits per heavy atom. The van der Waals surface area contributed by atoms with E-state index >= 15 is 0 Å². The second kappa shape index (κ2) is 6.31. The zero-order valence-electron chi connectivity index (χ0n) is 10.8. The summed E-state index contributed by atoms with van der Waals surface area (Å²) >= 11 is 0. The first-order chi connectivity index (χ1) is 9.16. The van der Waals surface area contributed by atoms with E-state index in [9.17, 15) is 9.59 Å². The normalized spacial score (nSPS) is 16.7. The number of likely N-dealkylation sites (tertiary alicyclic amines) is 1. The third-order valence-corrected chi connectivity index (χ3v) is 3.26. The number of carboxylic acids is 1. The van der Waals surface area contributed by atoms with E-state index in [4.69, 9.17) is 5.11 Å². The average molecular weight is 266 g/mol. The van der Waals surface area contributed by atoms with Crippen LogP contribution in [0.5, 0.6) is 0 Å². The third kappa shape index (κ3) is 3.77. The maximum Gasteiger partial charge on any atom is 0.358 e. The van der Waals surface area contributed by atoms with Gasteiger partial charge in [0.1, 0.15) is 6.54 Å². The Balaban J connectivity index is 1.92. The predicted molar refractivity (Wildman–Crippen MR) is 66.6 cm³/mol. The second-order valence-electron chi connectivity index (χ2n) is 4.76. The molecule has 1 fully saturated rings. The lowest BCUT2D eigenvalue weighted by molar-refractivity contribution is -0.132. The molecule has 0 atom stereocenters. The van der Waals surface area contributed by atoms with Gasteiger partial charge >= 0.3 is 5.97 Å². The molecule has 1 aromatic heterocycles. The highest BCUT2D eigenvalue weighted by Gasteiger charge is 2.16. The summed E-state index contributed by atoms with van der Waals surface area (Å²) in [5.41, 5.74) is -0.138. The van der Waals surface area contributed by atoms with E-state index in [0.717, 1.165) is 38.8 Å². The fourth-order valence-electron chi connectivity index (χ4n) is 2.21. The quantitative estimate of drug-likeness (QED) is 0.873. The molecule has 1 amide bonds. The van der Waals surface area contributed by atoms with Crippen LogP contribution in [-0.4, -0.2) is 50.0 Å². The number of carbonyl (C=O) groups excluding carboxylic acids is 1. The molecule has 104 valence electrons. The highest BCUT2D eigenvalue weighted by Crippen LogP contribution is 2.11. The van der Waals surface area contributed by atoms with Crippen LogP contribution in [0.2, 0.25) is 0 Å². The van der Waals surface area contributed by atoms with Gasteiger partial charge in [0.2, 0.25) is 5.91 Å². The molecule has 0 bridgehead atoms. The molecule has 0 radical (unpaired) electrons. The SMILES string of the molecule is O=C(O)c1cn(CC(=O)N2CCCCCCC2)nn1. The molecule has 1 aliphatic rings. The Labute approximate surface area is 111 Å². The fraction of sp³-hybridized carbons (Fsp3) is 0.667. The number of rotatable bonds is 3. The van der Waals surface area contributed by atoms with Crippen molar-refractivity contribution in [3.05, 3.63) is 11.9 Å². The van der Waals surface area contributed by atoms with Crippen LogP contribution in [0, 0.1) is 0 Å². The molecule has 1 aliphatic heterocycles. The van der Waals surface area contributed by atoms with Crippen LogP contribution in [0.15, 0.2) is 6.20 Å². The number of hydrogen-bond donors (Lipinski definition) is 1. The minimum Gasteiger partial charge on any atom is -0.476 e. The summed E-state index contributed by atoms with van der Waals surface area (Å²) in [5.74, 6) is -1.16. The number of aromatic nitrogens is 3. The van der Waals surface area contributed by atoms with Gasteiger partial charge in [-0.15, -0.1) is 5.10 Å². The summed E-state index contributed by atoms with van der Waals surface area (Å²) in [6.45, 7) is 1.61. The van der Waals surface area contributed by atoms with Crippen LogP contribution < -0.4 is 0 Å².